The van der Waals surface area contributed by atoms with Gasteiger partial charge in [-0.25, -0.2) is 4.39 Å². The standard InChI is InChI=1S/C21H19ClFN3O/c1-14-2-5-17-10-19(23)8-9-20(17)26(14)21(27)16-6-3-15(4-7-16)12-25-13-18(22)11-24-25/h3-4,6-11,13-14H,2,5,12H2,1H3/t14-/m1/s1. The summed E-state index contributed by atoms with van der Waals surface area (Å²) >= 11 is 5.89. The Kier molecular flexibility index (Phi) is 4.70. The zero-order valence-corrected chi connectivity index (χ0v) is 15.7. The molecule has 4 nitrogen and oxygen atoms in total. The third-order valence-corrected chi connectivity index (χ3v) is 5.13. The van der Waals surface area contributed by atoms with Gasteiger partial charge in [-0.05, 0) is 61.2 Å². The SMILES string of the molecule is C[C@@H]1CCc2cc(F)ccc2N1C(=O)c1ccc(Cn2cc(Cl)cn2)cc1. The summed E-state index contributed by atoms with van der Waals surface area (Å²) in [7, 11) is 0. The van der Waals surface area contributed by atoms with E-state index >= 15 is 0 Å². The van der Waals surface area contributed by atoms with Crippen molar-refractivity contribution in [3.05, 3.63) is 82.4 Å². The van der Waals surface area contributed by atoms with Crippen LogP contribution in [0.25, 0.3) is 0 Å². The fourth-order valence-corrected chi connectivity index (χ4v) is 3.69. The molecular weight excluding hydrogens is 365 g/mol. The van der Waals surface area contributed by atoms with Crippen LogP contribution in [0.4, 0.5) is 10.1 Å². The number of carbonyl (C=O) groups excluding carboxylic acids is 1. The summed E-state index contributed by atoms with van der Waals surface area (Å²) in [4.78, 5) is 14.9. The van der Waals surface area contributed by atoms with Gasteiger partial charge in [-0.2, -0.15) is 5.10 Å². The minimum absolute atomic E-state index is 0.0660. The Morgan fingerprint density at radius 3 is 2.74 bits per heavy atom. The van der Waals surface area contributed by atoms with E-state index in [9.17, 15) is 9.18 Å². The molecule has 27 heavy (non-hydrogen) atoms. The van der Waals surface area contributed by atoms with E-state index in [1.807, 2.05) is 31.2 Å². The Morgan fingerprint density at radius 2 is 2.04 bits per heavy atom. The number of aromatic nitrogens is 2. The molecule has 0 unspecified atom stereocenters. The van der Waals surface area contributed by atoms with Crippen molar-refractivity contribution in [3.63, 3.8) is 0 Å². The third-order valence-electron chi connectivity index (χ3n) is 4.94. The predicted octanol–water partition coefficient (Wildman–Crippen LogP) is 4.71. The Hall–Kier alpha value is -2.66. The van der Waals surface area contributed by atoms with Gasteiger partial charge in [0.05, 0.1) is 17.8 Å². The summed E-state index contributed by atoms with van der Waals surface area (Å²) in [6, 6.07) is 12.2. The molecule has 1 aromatic heterocycles. The van der Waals surface area contributed by atoms with Crippen molar-refractivity contribution < 1.29 is 9.18 Å². The molecule has 2 aromatic carbocycles. The van der Waals surface area contributed by atoms with Gasteiger partial charge in [0.2, 0.25) is 0 Å². The number of rotatable bonds is 3. The predicted molar refractivity (Wildman–Crippen MR) is 104 cm³/mol. The van der Waals surface area contributed by atoms with Crippen molar-refractivity contribution in [1.29, 1.82) is 0 Å². The highest BCUT2D eigenvalue weighted by atomic mass is 35.5. The Balaban J connectivity index is 1.57. The van der Waals surface area contributed by atoms with Gasteiger partial charge in [0.15, 0.2) is 0 Å². The van der Waals surface area contributed by atoms with Gasteiger partial charge in [-0.1, -0.05) is 23.7 Å². The number of amides is 1. The van der Waals surface area contributed by atoms with Crippen LogP contribution in [0, 0.1) is 5.82 Å². The van der Waals surface area contributed by atoms with E-state index in [0.29, 0.717) is 17.1 Å². The lowest BCUT2D eigenvalue weighted by atomic mass is 9.95. The van der Waals surface area contributed by atoms with Crippen LogP contribution in [0.15, 0.2) is 54.9 Å². The molecule has 1 aliphatic rings. The smallest absolute Gasteiger partial charge is 0.258 e. The maximum atomic E-state index is 13.5. The van der Waals surface area contributed by atoms with E-state index in [1.165, 1.54) is 12.1 Å². The largest absolute Gasteiger partial charge is 0.305 e. The second-order valence-electron chi connectivity index (χ2n) is 6.89. The van der Waals surface area contributed by atoms with Gasteiger partial charge in [-0.15, -0.1) is 0 Å². The number of hydrogen-bond donors (Lipinski definition) is 0. The van der Waals surface area contributed by atoms with Crippen LogP contribution in [0.5, 0.6) is 0 Å². The fourth-order valence-electron chi connectivity index (χ4n) is 3.53. The first kappa shape index (κ1) is 17.7. The Labute approximate surface area is 162 Å². The minimum Gasteiger partial charge on any atom is -0.305 e. The van der Waals surface area contributed by atoms with E-state index in [-0.39, 0.29) is 17.8 Å². The van der Waals surface area contributed by atoms with Crippen LogP contribution in [0.3, 0.4) is 0 Å². The molecule has 0 N–H and O–H groups in total. The number of carbonyl (C=O) groups is 1. The summed E-state index contributed by atoms with van der Waals surface area (Å²) < 4.78 is 15.3. The first-order valence-electron chi connectivity index (χ1n) is 8.90. The molecule has 0 spiro atoms. The zero-order valence-electron chi connectivity index (χ0n) is 14.9. The molecule has 1 aliphatic heterocycles. The van der Waals surface area contributed by atoms with Crippen molar-refractivity contribution in [1.82, 2.24) is 9.78 Å². The van der Waals surface area contributed by atoms with Gasteiger partial charge >= 0.3 is 0 Å². The van der Waals surface area contributed by atoms with Crippen LogP contribution in [0.1, 0.15) is 34.8 Å². The number of halogens is 2. The first-order valence-corrected chi connectivity index (χ1v) is 9.28. The summed E-state index contributed by atoms with van der Waals surface area (Å²) in [5.74, 6) is -0.331. The van der Waals surface area contributed by atoms with E-state index in [0.717, 1.165) is 29.7 Å². The van der Waals surface area contributed by atoms with E-state index in [2.05, 4.69) is 5.10 Å². The molecule has 1 amide bonds. The normalized spacial score (nSPS) is 16.3. The zero-order chi connectivity index (χ0) is 19.0. The van der Waals surface area contributed by atoms with Gasteiger partial charge in [0.1, 0.15) is 5.82 Å². The quantitative estimate of drug-likeness (QED) is 0.657. The molecule has 2 heterocycles. The average Bonchev–Trinajstić information content (AvgIpc) is 3.06. The summed E-state index contributed by atoms with van der Waals surface area (Å²) in [5.41, 5.74) is 3.32. The molecule has 0 fully saturated rings. The van der Waals surface area contributed by atoms with E-state index in [4.69, 9.17) is 11.6 Å². The first-order chi connectivity index (χ1) is 13.0. The van der Waals surface area contributed by atoms with Crippen molar-refractivity contribution in [2.75, 3.05) is 4.90 Å². The van der Waals surface area contributed by atoms with Crippen molar-refractivity contribution in [2.45, 2.75) is 32.4 Å². The highest BCUT2D eigenvalue weighted by molar-refractivity contribution is 6.30. The second-order valence-corrected chi connectivity index (χ2v) is 7.33. The molecule has 4 rings (SSSR count). The number of aryl methyl sites for hydroxylation is 1. The van der Waals surface area contributed by atoms with Crippen molar-refractivity contribution in [3.8, 4) is 0 Å². The molecule has 0 saturated carbocycles. The molecule has 0 aliphatic carbocycles. The van der Waals surface area contributed by atoms with E-state index in [1.54, 1.807) is 28.0 Å². The van der Waals surface area contributed by atoms with E-state index < -0.39 is 0 Å². The molecule has 0 radical (unpaired) electrons. The number of anilines is 1. The summed E-state index contributed by atoms with van der Waals surface area (Å²) in [6.07, 6.45) is 4.95. The lowest BCUT2D eigenvalue weighted by Gasteiger charge is -2.35. The van der Waals surface area contributed by atoms with Crippen LogP contribution < -0.4 is 4.90 Å². The Bertz CT molecular complexity index is 983. The lowest BCUT2D eigenvalue weighted by Crippen LogP contribution is -2.42. The van der Waals surface area contributed by atoms with Gasteiger partial charge < -0.3 is 4.90 Å². The monoisotopic (exact) mass is 383 g/mol. The van der Waals surface area contributed by atoms with Gasteiger partial charge in [-0.3, -0.25) is 9.48 Å². The van der Waals surface area contributed by atoms with Crippen molar-refractivity contribution in [2.24, 2.45) is 0 Å². The second kappa shape index (κ2) is 7.16. The maximum Gasteiger partial charge on any atom is 0.258 e. The topological polar surface area (TPSA) is 38.1 Å². The van der Waals surface area contributed by atoms with Gasteiger partial charge in [0.25, 0.3) is 5.91 Å². The highest BCUT2D eigenvalue weighted by Crippen LogP contribution is 2.32. The molecule has 1 atom stereocenters. The van der Waals surface area contributed by atoms with Crippen LogP contribution in [0.2, 0.25) is 5.02 Å². The fraction of sp³-hybridized carbons (Fsp3) is 0.238. The summed E-state index contributed by atoms with van der Waals surface area (Å²) in [6.45, 7) is 2.61. The number of benzene rings is 2. The molecule has 3 aromatic rings. The Morgan fingerprint density at radius 1 is 1.26 bits per heavy atom. The van der Waals surface area contributed by atoms with Gasteiger partial charge in [0, 0.05) is 23.5 Å². The number of nitrogens with zero attached hydrogens (tertiary/aromatic N) is 3. The summed E-state index contributed by atoms with van der Waals surface area (Å²) in [5, 5.41) is 4.76. The molecule has 138 valence electrons. The number of fused-ring (bicyclic) bond motifs is 1. The van der Waals surface area contributed by atoms with Crippen molar-refractivity contribution >= 4 is 23.2 Å². The molecule has 6 heteroatoms. The minimum atomic E-state index is -0.265. The average molecular weight is 384 g/mol. The molecule has 0 saturated heterocycles. The van der Waals surface area contributed by atoms with Crippen LogP contribution in [-0.2, 0) is 13.0 Å². The van der Waals surface area contributed by atoms with Crippen LogP contribution in [-0.4, -0.2) is 21.7 Å². The highest BCUT2D eigenvalue weighted by Gasteiger charge is 2.29. The third kappa shape index (κ3) is 3.60. The van der Waals surface area contributed by atoms with Crippen LogP contribution >= 0.6 is 11.6 Å². The maximum absolute atomic E-state index is 13.5. The molecular formula is C21H19ClFN3O. The lowest BCUT2D eigenvalue weighted by molar-refractivity contribution is 0.0975. The molecule has 0 bridgehead atoms. The number of hydrogen-bond acceptors (Lipinski definition) is 2.